The van der Waals surface area contributed by atoms with Gasteiger partial charge in [-0.25, -0.2) is 4.98 Å². The van der Waals surface area contributed by atoms with Gasteiger partial charge < -0.3 is 5.32 Å². The highest BCUT2D eigenvalue weighted by Gasteiger charge is 2.27. The second-order valence-electron chi connectivity index (χ2n) is 4.91. The molecule has 0 bridgehead atoms. The van der Waals surface area contributed by atoms with Gasteiger partial charge in [0.1, 0.15) is 0 Å². The minimum atomic E-state index is 0.504. The van der Waals surface area contributed by atoms with Crippen molar-refractivity contribution in [3.63, 3.8) is 0 Å². The molecular formula is C14H24N4S. The monoisotopic (exact) mass is 280 g/mol. The van der Waals surface area contributed by atoms with Gasteiger partial charge in [0.15, 0.2) is 0 Å². The first-order chi connectivity index (χ1) is 9.28. The van der Waals surface area contributed by atoms with Gasteiger partial charge in [-0.3, -0.25) is 0 Å². The van der Waals surface area contributed by atoms with Gasteiger partial charge in [-0.05, 0) is 31.4 Å². The number of rotatable bonds is 6. The van der Waals surface area contributed by atoms with Crippen molar-refractivity contribution in [3.8, 4) is 0 Å². The summed E-state index contributed by atoms with van der Waals surface area (Å²) in [6.07, 6.45) is 5.65. The molecule has 5 heteroatoms. The minimum Gasteiger partial charge on any atom is -0.349 e. The molecule has 4 nitrogen and oxygen atoms in total. The Kier molecular flexibility index (Phi) is 5.43. The molecule has 1 aromatic heterocycles. The molecule has 2 atom stereocenters. The van der Waals surface area contributed by atoms with E-state index in [1.807, 2.05) is 11.8 Å². The second kappa shape index (κ2) is 7.08. The Balaban J connectivity index is 2.06. The summed E-state index contributed by atoms with van der Waals surface area (Å²) in [5.74, 6) is 1.89. The van der Waals surface area contributed by atoms with E-state index >= 15 is 0 Å². The largest absolute Gasteiger partial charge is 0.349 e. The number of nitrogens with zero attached hydrogens (tertiary/aromatic N) is 3. The highest BCUT2D eigenvalue weighted by atomic mass is 32.2. The van der Waals surface area contributed by atoms with Crippen LogP contribution in [0.1, 0.15) is 51.4 Å². The van der Waals surface area contributed by atoms with Crippen molar-refractivity contribution in [2.75, 3.05) is 11.1 Å². The van der Waals surface area contributed by atoms with E-state index < -0.39 is 0 Å². The van der Waals surface area contributed by atoms with Gasteiger partial charge >= 0.3 is 0 Å². The topological polar surface area (TPSA) is 50.7 Å². The molecular weight excluding hydrogens is 256 g/mol. The Morgan fingerprint density at radius 3 is 2.58 bits per heavy atom. The Morgan fingerprint density at radius 1 is 1.11 bits per heavy atom. The molecule has 2 rings (SSSR count). The quantitative estimate of drug-likeness (QED) is 0.868. The number of anilines is 1. The fourth-order valence-electron chi connectivity index (χ4n) is 2.67. The summed E-state index contributed by atoms with van der Waals surface area (Å²) in [4.78, 5) is 4.63. The standard InChI is InChI=1S/C14H24N4S/c1-4-10-11(5-2)17-18-14(15-10)16-12-8-7-9-13(12)19-6-3/h12-13H,4-9H2,1-3H3,(H,15,16,18). The normalized spacial score (nSPS) is 22.7. The van der Waals surface area contributed by atoms with Crippen LogP contribution in [-0.2, 0) is 12.8 Å². The number of hydrogen-bond acceptors (Lipinski definition) is 5. The van der Waals surface area contributed by atoms with Crippen LogP contribution in [0.25, 0.3) is 0 Å². The molecule has 2 unspecified atom stereocenters. The molecule has 1 N–H and O–H groups in total. The average molecular weight is 280 g/mol. The summed E-state index contributed by atoms with van der Waals surface area (Å²) in [7, 11) is 0. The smallest absolute Gasteiger partial charge is 0.243 e. The highest BCUT2D eigenvalue weighted by Crippen LogP contribution is 2.31. The van der Waals surface area contributed by atoms with Gasteiger partial charge in [-0.1, -0.05) is 27.2 Å². The first kappa shape index (κ1) is 14.6. The predicted octanol–water partition coefficient (Wildman–Crippen LogP) is 3.08. The van der Waals surface area contributed by atoms with Gasteiger partial charge in [0.05, 0.1) is 11.4 Å². The van der Waals surface area contributed by atoms with E-state index in [4.69, 9.17) is 0 Å². The van der Waals surface area contributed by atoms with Crippen LogP contribution in [0.15, 0.2) is 0 Å². The number of aryl methyl sites for hydroxylation is 2. The van der Waals surface area contributed by atoms with Crippen LogP contribution in [0.4, 0.5) is 5.95 Å². The zero-order valence-electron chi connectivity index (χ0n) is 12.1. The van der Waals surface area contributed by atoms with E-state index in [1.54, 1.807) is 0 Å². The Bertz CT molecular complexity index is 410. The second-order valence-corrected chi connectivity index (χ2v) is 6.43. The van der Waals surface area contributed by atoms with E-state index in [9.17, 15) is 0 Å². The van der Waals surface area contributed by atoms with E-state index in [2.05, 4.69) is 41.3 Å². The minimum absolute atomic E-state index is 0.504. The van der Waals surface area contributed by atoms with Gasteiger partial charge in [-0.2, -0.15) is 16.9 Å². The summed E-state index contributed by atoms with van der Waals surface area (Å²) in [5.41, 5.74) is 2.11. The lowest BCUT2D eigenvalue weighted by molar-refractivity contribution is 0.735. The molecule has 0 spiro atoms. The molecule has 1 aliphatic carbocycles. The van der Waals surface area contributed by atoms with Crippen molar-refractivity contribution in [2.45, 2.75) is 64.2 Å². The van der Waals surface area contributed by atoms with Crippen LogP contribution in [0.5, 0.6) is 0 Å². The Hall–Kier alpha value is -0.840. The van der Waals surface area contributed by atoms with Crippen LogP contribution in [-0.4, -0.2) is 32.2 Å². The van der Waals surface area contributed by atoms with Crippen LogP contribution in [0.3, 0.4) is 0 Å². The highest BCUT2D eigenvalue weighted by molar-refractivity contribution is 7.99. The zero-order chi connectivity index (χ0) is 13.7. The third-order valence-electron chi connectivity index (χ3n) is 3.66. The van der Waals surface area contributed by atoms with Gasteiger partial charge in [0.25, 0.3) is 0 Å². The van der Waals surface area contributed by atoms with Crippen LogP contribution in [0.2, 0.25) is 0 Å². The van der Waals surface area contributed by atoms with E-state index in [-0.39, 0.29) is 0 Å². The maximum absolute atomic E-state index is 4.63. The number of thioether (sulfide) groups is 1. The van der Waals surface area contributed by atoms with E-state index in [0.29, 0.717) is 17.2 Å². The molecule has 1 aromatic rings. The fraction of sp³-hybridized carbons (Fsp3) is 0.786. The lowest BCUT2D eigenvalue weighted by Gasteiger charge is -2.20. The van der Waals surface area contributed by atoms with Crippen molar-refractivity contribution in [1.29, 1.82) is 0 Å². The lowest BCUT2D eigenvalue weighted by Crippen LogP contribution is -2.27. The molecule has 1 heterocycles. The van der Waals surface area contributed by atoms with Crippen molar-refractivity contribution in [2.24, 2.45) is 0 Å². The van der Waals surface area contributed by atoms with Crippen LogP contribution in [0, 0.1) is 0 Å². The first-order valence-electron chi connectivity index (χ1n) is 7.39. The van der Waals surface area contributed by atoms with Gasteiger partial charge in [0, 0.05) is 11.3 Å². The summed E-state index contributed by atoms with van der Waals surface area (Å²) < 4.78 is 0. The Morgan fingerprint density at radius 2 is 1.89 bits per heavy atom. The van der Waals surface area contributed by atoms with Gasteiger partial charge in [0.2, 0.25) is 5.95 Å². The summed E-state index contributed by atoms with van der Waals surface area (Å²) in [6.45, 7) is 6.45. The molecule has 106 valence electrons. The average Bonchev–Trinajstić information content (AvgIpc) is 2.86. The lowest BCUT2D eigenvalue weighted by atomic mass is 10.2. The van der Waals surface area contributed by atoms with Crippen molar-refractivity contribution in [1.82, 2.24) is 15.2 Å². The molecule has 1 saturated carbocycles. The number of hydrogen-bond donors (Lipinski definition) is 1. The van der Waals surface area contributed by atoms with E-state index in [0.717, 1.165) is 24.2 Å². The van der Waals surface area contributed by atoms with Crippen molar-refractivity contribution < 1.29 is 0 Å². The first-order valence-corrected chi connectivity index (χ1v) is 8.43. The van der Waals surface area contributed by atoms with Crippen LogP contribution < -0.4 is 5.32 Å². The third kappa shape index (κ3) is 3.59. The van der Waals surface area contributed by atoms with Crippen LogP contribution >= 0.6 is 11.8 Å². The molecule has 0 amide bonds. The Labute approximate surface area is 120 Å². The molecule has 0 aliphatic heterocycles. The van der Waals surface area contributed by atoms with Gasteiger partial charge in [-0.15, -0.1) is 5.10 Å². The molecule has 0 aromatic carbocycles. The van der Waals surface area contributed by atoms with E-state index in [1.165, 1.54) is 25.0 Å². The molecule has 19 heavy (non-hydrogen) atoms. The maximum Gasteiger partial charge on any atom is 0.243 e. The number of nitrogens with one attached hydrogen (secondary N) is 1. The van der Waals surface area contributed by atoms with Crippen molar-refractivity contribution >= 4 is 17.7 Å². The number of aromatic nitrogens is 3. The SMILES string of the molecule is CCSC1CCCC1Nc1nnc(CC)c(CC)n1. The molecule has 1 fully saturated rings. The summed E-state index contributed by atoms with van der Waals surface area (Å²) in [5, 5.41) is 12.7. The molecule has 0 radical (unpaired) electrons. The zero-order valence-corrected chi connectivity index (χ0v) is 13.0. The molecule has 1 aliphatic rings. The van der Waals surface area contributed by atoms with Crippen molar-refractivity contribution in [3.05, 3.63) is 11.4 Å². The summed E-state index contributed by atoms with van der Waals surface area (Å²) >= 11 is 2.05. The summed E-state index contributed by atoms with van der Waals surface area (Å²) in [6, 6.07) is 0.504. The maximum atomic E-state index is 4.63. The predicted molar refractivity (Wildman–Crippen MR) is 81.8 cm³/mol. The molecule has 0 saturated heterocycles. The third-order valence-corrected chi connectivity index (χ3v) is 4.98. The fourth-order valence-corrected chi connectivity index (χ4v) is 3.87.